The van der Waals surface area contributed by atoms with Crippen molar-refractivity contribution in [2.24, 2.45) is 0 Å². The first-order valence-electron chi connectivity index (χ1n) is 9.41. The smallest absolute Gasteiger partial charge is 0.327 e. The van der Waals surface area contributed by atoms with E-state index in [0.717, 1.165) is 19.6 Å². The summed E-state index contributed by atoms with van der Waals surface area (Å²) >= 11 is 7.51. The minimum absolute atomic E-state index is 0.0593. The Bertz CT molecular complexity index is 1170. The summed E-state index contributed by atoms with van der Waals surface area (Å²) in [6.07, 6.45) is 1.68. The molecule has 1 amide bonds. The zero-order valence-corrected chi connectivity index (χ0v) is 19.1. The number of thiocarbonyl (C=S) groups is 1. The van der Waals surface area contributed by atoms with Gasteiger partial charge in [-0.3, -0.25) is 9.69 Å². The van der Waals surface area contributed by atoms with E-state index in [1.54, 1.807) is 6.07 Å². The van der Waals surface area contributed by atoms with Crippen LogP contribution in [0, 0.1) is 3.57 Å². The van der Waals surface area contributed by atoms with Gasteiger partial charge in [0.1, 0.15) is 23.3 Å². The summed E-state index contributed by atoms with van der Waals surface area (Å²) in [5.74, 6) is -0.494. The minimum Gasteiger partial charge on any atom is -0.480 e. The average Bonchev–Trinajstić information content (AvgIpc) is 3.32. The second-order valence-corrected chi connectivity index (χ2v) is 8.55. The highest BCUT2D eigenvalue weighted by Gasteiger charge is 2.39. The Morgan fingerprint density at radius 2 is 1.84 bits per heavy atom. The highest BCUT2D eigenvalue weighted by molar-refractivity contribution is 14.1. The number of nitrogens with one attached hydrogen (secondary N) is 1. The van der Waals surface area contributed by atoms with Crippen LogP contribution in [0.1, 0.15) is 11.3 Å². The van der Waals surface area contributed by atoms with Crippen LogP contribution in [-0.2, 0) is 16.0 Å². The van der Waals surface area contributed by atoms with Gasteiger partial charge in [0.2, 0.25) is 0 Å². The van der Waals surface area contributed by atoms with Crippen molar-refractivity contribution >= 4 is 57.9 Å². The first kappa shape index (κ1) is 21.3. The molecule has 4 rings (SSSR count). The van der Waals surface area contributed by atoms with Crippen molar-refractivity contribution in [1.29, 1.82) is 0 Å². The van der Waals surface area contributed by atoms with Gasteiger partial charge in [-0.15, -0.1) is 0 Å². The number of nitrogens with zero attached hydrogens (tertiary/aromatic N) is 1. The molecule has 31 heavy (non-hydrogen) atoms. The number of carbonyl (C=O) groups excluding carboxylic acids is 1. The highest BCUT2D eigenvalue weighted by atomic mass is 127. The van der Waals surface area contributed by atoms with E-state index in [4.69, 9.17) is 16.6 Å². The fraction of sp³-hybridized carbons (Fsp3) is 0.0870. The Labute approximate surface area is 197 Å². The predicted molar refractivity (Wildman–Crippen MR) is 129 cm³/mol. The zero-order chi connectivity index (χ0) is 22.0. The molecule has 1 aliphatic rings. The molecule has 0 bridgehead atoms. The van der Waals surface area contributed by atoms with Gasteiger partial charge in [-0.2, -0.15) is 0 Å². The van der Waals surface area contributed by atoms with Crippen molar-refractivity contribution in [2.45, 2.75) is 12.5 Å². The second-order valence-electron chi connectivity index (χ2n) is 6.92. The standard InChI is InChI=1S/C23H17IN2O4S/c24-16-8-6-15(7-9-16)20-11-10-17(30-20)13-18-21(27)26(23(31)25-18)19(22(28)29)12-14-4-2-1-3-5-14/h1-11,13,19H,12H2,(H,25,31)(H,28,29). The zero-order valence-electron chi connectivity index (χ0n) is 16.1. The van der Waals surface area contributed by atoms with Crippen LogP contribution in [0.2, 0.25) is 0 Å². The Hall–Kier alpha value is -2.98. The number of carboxylic acids is 1. The van der Waals surface area contributed by atoms with Gasteiger partial charge in [-0.1, -0.05) is 42.5 Å². The number of halogens is 1. The molecule has 6 nitrogen and oxygen atoms in total. The average molecular weight is 544 g/mol. The molecule has 1 unspecified atom stereocenters. The molecule has 1 aliphatic heterocycles. The molecule has 2 aromatic carbocycles. The normalized spacial score (nSPS) is 15.9. The van der Waals surface area contributed by atoms with Gasteiger partial charge in [0, 0.05) is 21.6 Å². The van der Waals surface area contributed by atoms with Crippen molar-refractivity contribution < 1.29 is 19.1 Å². The van der Waals surface area contributed by atoms with E-state index in [-0.39, 0.29) is 17.2 Å². The van der Waals surface area contributed by atoms with Crippen LogP contribution in [0.25, 0.3) is 17.4 Å². The van der Waals surface area contributed by atoms with Crippen molar-refractivity contribution in [3.05, 3.63) is 87.3 Å². The van der Waals surface area contributed by atoms with Gasteiger partial charge < -0.3 is 14.8 Å². The van der Waals surface area contributed by atoms with Gasteiger partial charge >= 0.3 is 5.97 Å². The van der Waals surface area contributed by atoms with Crippen LogP contribution in [0.5, 0.6) is 0 Å². The van der Waals surface area contributed by atoms with Crippen LogP contribution in [-0.4, -0.2) is 33.0 Å². The topological polar surface area (TPSA) is 82.8 Å². The maximum Gasteiger partial charge on any atom is 0.327 e. The molecule has 1 saturated heterocycles. The molecule has 0 spiro atoms. The van der Waals surface area contributed by atoms with E-state index in [1.165, 1.54) is 6.08 Å². The van der Waals surface area contributed by atoms with Crippen LogP contribution in [0.15, 0.2) is 76.8 Å². The van der Waals surface area contributed by atoms with Gasteiger partial charge in [-0.05, 0) is 64.6 Å². The van der Waals surface area contributed by atoms with Crippen LogP contribution in [0.4, 0.5) is 0 Å². The number of hydrogen-bond acceptors (Lipinski definition) is 4. The lowest BCUT2D eigenvalue weighted by Gasteiger charge is -2.22. The summed E-state index contributed by atoms with van der Waals surface area (Å²) in [6.45, 7) is 0. The van der Waals surface area contributed by atoms with Gasteiger partial charge in [-0.25, -0.2) is 4.79 Å². The van der Waals surface area contributed by atoms with Crippen molar-refractivity contribution in [1.82, 2.24) is 10.2 Å². The fourth-order valence-corrected chi connectivity index (χ4v) is 3.98. The van der Waals surface area contributed by atoms with E-state index in [9.17, 15) is 14.7 Å². The molecule has 0 saturated carbocycles. The molecule has 156 valence electrons. The van der Waals surface area contributed by atoms with Crippen LogP contribution in [0.3, 0.4) is 0 Å². The van der Waals surface area contributed by atoms with Crippen molar-refractivity contribution in [3.63, 3.8) is 0 Å². The van der Waals surface area contributed by atoms with Crippen LogP contribution >= 0.6 is 34.8 Å². The lowest BCUT2D eigenvalue weighted by molar-refractivity contribution is -0.145. The lowest BCUT2D eigenvalue weighted by Crippen LogP contribution is -2.46. The monoisotopic (exact) mass is 544 g/mol. The summed E-state index contributed by atoms with van der Waals surface area (Å²) in [7, 11) is 0. The number of aliphatic carboxylic acids is 1. The SMILES string of the molecule is O=C(O)C(Cc1ccccc1)N1C(=O)C(=Cc2ccc(-c3ccc(I)cc3)o2)NC1=S. The largest absolute Gasteiger partial charge is 0.480 e. The molecule has 1 fully saturated rings. The Morgan fingerprint density at radius 1 is 1.13 bits per heavy atom. The first-order valence-corrected chi connectivity index (χ1v) is 10.9. The lowest BCUT2D eigenvalue weighted by atomic mass is 10.0. The molecular formula is C23H17IN2O4S. The number of furan rings is 1. The van der Waals surface area contributed by atoms with Gasteiger partial charge in [0.25, 0.3) is 5.91 Å². The molecule has 8 heteroatoms. The van der Waals surface area contributed by atoms with Gasteiger partial charge in [0.15, 0.2) is 5.11 Å². The summed E-state index contributed by atoms with van der Waals surface area (Å²) in [5, 5.41) is 12.6. The molecule has 0 aliphatic carbocycles. The predicted octanol–water partition coefficient (Wildman–Crippen LogP) is 4.30. The molecule has 1 atom stereocenters. The Kier molecular flexibility index (Phi) is 6.19. The summed E-state index contributed by atoms with van der Waals surface area (Å²) in [6, 6.07) is 19.5. The number of carboxylic acid groups (broad SMARTS) is 1. The molecule has 2 N–H and O–H groups in total. The number of hydrogen-bond donors (Lipinski definition) is 2. The molecule has 0 radical (unpaired) electrons. The third kappa shape index (κ3) is 4.70. The van der Waals surface area contributed by atoms with E-state index < -0.39 is 17.9 Å². The van der Waals surface area contributed by atoms with Crippen molar-refractivity contribution in [3.8, 4) is 11.3 Å². The maximum atomic E-state index is 13.0. The van der Waals surface area contributed by atoms with Crippen LogP contribution < -0.4 is 5.32 Å². The van der Waals surface area contributed by atoms with E-state index >= 15 is 0 Å². The summed E-state index contributed by atoms with van der Waals surface area (Å²) < 4.78 is 6.96. The third-order valence-corrected chi connectivity index (χ3v) is 5.84. The first-order chi connectivity index (χ1) is 14.9. The van der Waals surface area contributed by atoms with E-state index in [1.807, 2.05) is 60.7 Å². The molecule has 1 aromatic heterocycles. The number of carbonyl (C=O) groups is 2. The third-order valence-electron chi connectivity index (χ3n) is 4.82. The fourth-order valence-electron chi connectivity index (χ4n) is 3.30. The maximum absolute atomic E-state index is 13.0. The highest BCUT2D eigenvalue weighted by Crippen LogP contribution is 2.25. The Balaban J connectivity index is 1.56. The number of amides is 1. The summed E-state index contributed by atoms with van der Waals surface area (Å²) in [5.41, 5.74) is 1.89. The quantitative estimate of drug-likeness (QED) is 0.274. The second kappa shape index (κ2) is 9.03. The summed E-state index contributed by atoms with van der Waals surface area (Å²) in [4.78, 5) is 26.0. The minimum atomic E-state index is -1.12. The van der Waals surface area contributed by atoms with Gasteiger partial charge in [0.05, 0.1) is 0 Å². The molecular weight excluding hydrogens is 527 g/mol. The number of rotatable bonds is 6. The van der Waals surface area contributed by atoms with E-state index in [0.29, 0.717) is 11.5 Å². The Morgan fingerprint density at radius 3 is 2.52 bits per heavy atom. The molecule has 3 aromatic rings. The van der Waals surface area contributed by atoms with Crippen molar-refractivity contribution in [2.75, 3.05) is 0 Å². The molecule has 2 heterocycles. The number of benzene rings is 2. The van der Waals surface area contributed by atoms with E-state index in [2.05, 4.69) is 27.9 Å².